The average Bonchev–Trinajstić information content (AvgIpc) is 2.47. The largest absolute Gasteiger partial charge is 0.396 e. The first-order valence-corrected chi connectivity index (χ1v) is 8.47. The van der Waals surface area contributed by atoms with Gasteiger partial charge in [0.2, 0.25) is 5.91 Å². The zero-order chi connectivity index (χ0) is 14.6. The predicted octanol–water partition coefficient (Wildman–Crippen LogP) is 3.21. The van der Waals surface area contributed by atoms with Gasteiger partial charge in [-0.05, 0) is 49.4 Å². The first-order chi connectivity index (χ1) is 9.58. The second kappa shape index (κ2) is 6.93. The Bertz CT molecular complexity index is 315. The highest BCUT2D eigenvalue weighted by atomic mass is 16.3. The summed E-state index contributed by atoms with van der Waals surface area (Å²) in [5.41, 5.74) is 0.0795. The van der Waals surface area contributed by atoms with Crippen molar-refractivity contribution < 1.29 is 9.90 Å². The van der Waals surface area contributed by atoms with Crippen molar-refractivity contribution in [1.82, 2.24) is 4.90 Å². The third-order valence-electron chi connectivity index (χ3n) is 5.77. The second-order valence-corrected chi connectivity index (χ2v) is 7.23. The summed E-state index contributed by atoms with van der Waals surface area (Å²) >= 11 is 0. The smallest absolute Gasteiger partial charge is 0.222 e. The van der Waals surface area contributed by atoms with Crippen LogP contribution >= 0.6 is 0 Å². The van der Waals surface area contributed by atoms with E-state index < -0.39 is 0 Å². The monoisotopic (exact) mass is 281 g/mol. The lowest BCUT2D eigenvalue weighted by molar-refractivity contribution is -0.135. The minimum Gasteiger partial charge on any atom is -0.396 e. The van der Waals surface area contributed by atoms with E-state index in [1.807, 2.05) is 4.90 Å². The van der Waals surface area contributed by atoms with E-state index in [1.54, 1.807) is 0 Å². The summed E-state index contributed by atoms with van der Waals surface area (Å²) < 4.78 is 0. The molecule has 2 unspecified atom stereocenters. The molecule has 1 heterocycles. The molecule has 0 aromatic heterocycles. The molecule has 0 radical (unpaired) electrons. The fraction of sp³-hybridized carbons (Fsp3) is 0.941. The Labute approximate surface area is 123 Å². The molecule has 1 aliphatic heterocycles. The summed E-state index contributed by atoms with van der Waals surface area (Å²) in [6.45, 7) is 6.42. The van der Waals surface area contributed by atoms with Crippen molar-refractivity contribution in [1.29, 1.82) is 0 Å². The number of hydrogen-bond acceptors (Lipinski definition) is 2. The molecule has 0 bridgehead atoms. The van der Waals surface area contributed by atoms with Gasteiger partial charge in [-0.25, -0.2) is 0 Å². The van der Waals surface area contributed by atoms with E-state index in [9.17, 15) is 9.90 Å². The van der Waals surface area contributed by atoms with Gasteiger partial charge in [-0.15, -0.1) is 0 Å². The number of carbonyl (C=O) groups is 1. The van der Waals surface area contributed by atoms with Crippen LogP contribution in [-0.4, -0.2) is 35.6 Å². The van der Waals surface area contributed by atoms with E-state index in [1.165, 1.54) is 25.7 Å². The molecule has 1 N–H and O–H groups in total. The number of aliphatic hydroxyl groups excluding tert-OH is 1. The zero-order valence-electron chi connectivity index (χ0n) is 13.2. The summed E-state index contributed by atoms with van der Waals surface area (Å²) in [4.78, 5) is 14.5. The van der Waals surface area contributed by atoms with Crippen molar-refractivity contribution in [2.24, 2.45) is 17.3 Å². The quantitative estimate of drug-likeness (QED) is 0.859. The van der Waals surface area contributed by atoms with Crippen LogP contribution in [0.5, 0.6) is 0 Å². The van der Waals surface area contributed by atoms with Crippen LogP contribution in [0.25, 0.3) is 0 Å². The van der Waals surface area contributed by atoms with E-state index in [0.29, 0.717) is 11.8 Å². The van der Waals surface area contributed by atoms with Crippen LogP contribution in [0.4, 0.5) is 0 Å². The maximum Gasteiger partial charge on any atom is 0.222 e. The van der Waals surface area contributed by atoms with E-state index in [4.69, 9.17) is 0 Å². The van der Waals surface area contributed by atoms with Crippen LogP contribution in [0.3, 0.4) is 0 Å². The van der Waals surface area contributed by atoms with Crippen LogP contribution in [0.1, 0.15) is 65.2 Å². The number of likely N-dealkylation sites (tertiary alicyclic amines) is 1. The number of aliphatic hydroxyl groups is 1. The molecular weight excluding hydrogens is 250 g/mol. The van der Waals surface area contributed by atoms with Crippen LogP contribution in [-0.2, 0) is 4.79 Å². The Morgan fingerprint density at radius 1 is 1.30 bits per heavy atom. The van der Waals surface area contributed by atoms with Crippen molar-refractivity contribution >= 4 is 5.91 Å². The minimum absolute atomic E-state index is 0.0795. The molecule has 2 aliphatic rings. The van der Waals surface area contributed by atoms with Crippen LogP contribution < -0.4 is 0 Å². The Balaban J connectivity index is 1.80. The lowest BCUT2D eigenvalue weighted by Crippen LogP contribution is -2.45. The molecule has 3 nitrogen and oxygen atoms in total. The Morgan fingerprint density at radius 3 is 2.55 bits per heavy atom. The average molecular weight is 281 g/mol. The van der Waals surface area contributed by atoms with Crippen molar-refractivity contribution in [3.8, 4) is 0 Å². The van der Waals surface area contributed by atoms with Gasteiger partial charge >= 0.3 is 0 Å². The molecule has 0 aromatic carbocycles. The Hall–Kier alpha value is -0.570. The minimum atomic E-state index is 0.0795. The molecule has 1 amide bonds. The summed E-state index contributed by atoms with van der Waals surface area (Å²) in [6.07, 6.45) is 8.80. The van der Waals surface area contributed by atoms with Gasteiger partial charge in [0.05, 0.1) is 0 Å². The first-order valence-electron chi connectivity index (χ1n) is 8.47. The molecule has 2 fully saturated rings. The molecule has 116 valence electrons. The van der Waals surface area contributed by atoms with Crippen molar-refractivity contribution in [3.05, 3.63) is 0 Å². The summed E-state index contributed by atoms with van der Waals surface area (Å²) in [6, 6.07) is 0. The Kier molecular flexibility index (Phi) is 5.48. The fourth-order valence-corrected chi connectivity index (χ4v) is 3.98. The normalized spacial score (nSPS) is 30.2. The first kappa shape index (κ1) is 15.8. The molecule has 1 aliphatic carbocycles. The highest BCUT2D eigenvalue weighted by Crippen LogP contribution is 2.35. The highest BCUT2D eigenvalue weighted by Gasteiger charge is 2.34. The molecule has 0 spiro atoms. The van der Waals surface area contributed by atoms with Gasteiger partial charge in [-0.3, -0.25) is 4.79 Å². The van der Waals surface area contributed by atoms with E-state index in [-0.39, 0.29) is 12.0 Å². The number of hydrogen-bond donors (Lipinski definition) is 1. The van der Waals surface area contributed by atoms with Gasteiger partial charge < -0.3 is 10.0 Å². The fourth-order valence-electron chi connectivity index (χ4n) is 3.98. The molecule has 2 atom stereocenters. The van der Waals surface area contributed by atoms with Gasteiger partial charge in [-0.2, -0.15) is 0 Å². The van der Waals surface area contributed by atoms with Gasteiger partial charge in [0.1, 0.15) is 0 Å². The number of amides is 1. The number of piperidine rings is 1. The van der Waals surface area contributed by atoms with Gasteiger partial charge in [-0.1, -0.05) is 26.7 Å². The number of carbonyl (C=O) groups excluding carboxylic acids is 1. The van der Waals surface area contributed by atoms with E-state index >= 15 is 0 Å². The topological polar surface area (TPSA) is 40.5 Å². The molecule has 20 heavy (non-hydrogen) atoms. The van der Waals surface area contributed by atoms with Crippen LogP contribution in [0, 0.1) is 17.3 Å². The maximum atomic E-state index is 12.4. The predicted molar refractivity (Wildman–Crippen MR) is 81.4 cm³/mol. The standard InChI is InChI=1S/C17H31NO2/c1-3-17(13-19)7-9-18(10-8-17)16(20)12-15-6-4-5-14(2)11-15/h14-15,19H,3-13H2,1-2H3. The van der Waals surface area contributed by atoms with Gasteiger partial charge in [0.15, 0.2) is 0 Å². The lowest BCUT2D eigenvalue weighted by Gasteiger charge is -2.40. The van der Waals surface area contributed by atoms with Crippen LogP contribution in [0.15, 0.2) is 0 Å². The van der Waals surface area contributed by atoms with E-state index in [2.05, 4.69) is 13.8 Å². The summed E-state index contributed by atoms with van der Waals surface area (Å²) in [7, 11) is 0. The lowest BCUT2D eigenvalue weighted by atomic mass is 9.76. The molecule has 0 aromatic rings. The van der Waals surface area contributed by atoms with Gasteiger partial charge in [0.25, 0.3) is 0 Å². The third kappa shape index (κ3) is 3.75. The Morgan fingerprint density at radius 2 is 2.00 bits per heavy atom. The number of nitrogens with zero attached hydrogens (tertiary/aromatic N) is 1. The highest BCUT2D eigenvalue weighted by molar-refractivity contribution is 5.76. The zero-order valence-corrected chi connectivity index (χ0v) is 13.2. The third-order valence-corrected chi connectivity index (χ3v) is 5.77. The maximum absolute atomic E-state index is 12.4. The molecule has 3 heteroatoms. The van der Waals surface area contributed by atoms with Crippen molar-refractivity contribution in [3.63, 3.8) is 0 Å². The van der Waals surface area contributed by atoms with Crippen molar-refractivity contribution in [2.45, 2.75) is 65.2 Å². The van der Waals surface area contributed by atoms with E-state index in [0.717, 1.165) is 44.7 Å². The molecule has 2 rings (SSSR count). The molecule has 1 saturated carbocycles. The number of rotatable bonds is 4. The molecule has 1 saturated heterocycles. The second-order valence-electron chi connectivity index (χ2n) is 7.23. The van der Waals surface area contributed by atoms with Crippen molar-refractivity contribution in [2.75, 3.05) is 19.7 Å². The van der Waals surface area contributed by atoms with Gasteiger partial charge in [0, 0.05) is 26.1 Å². The molecular formula is C17H31NO2. The SMILES string of the molecule is CCC1(CO)CCN(C(=O)CC2CCCC(C)C2)CC1. The summed E-state index contributed by atoms with van der Waals surface area (Å²) in [5.74, 6) is 1.76. The summed E-state index contributed by atoms with van der Waals surface area (Å²) in [5, 5.41) is 9.55. The van der Waals surface area contributed by atoms with Crippen LogP contribution in [0.2, 0.25) is 0 Å².